The molecule has 41 heavy (non-hydrogen) atoms. The van der Waals surface area contributed by atoms with E-state index < -0.39 is 10.8 Å². The van der Waals surface area contributed by atoms with Gasteiger partial charge in [0.25, 0.3) is 5.91 Å². The Labute approximate surface area is 237 Å². The van der Waals surface area contributed by atoms with Crippen LogP contribution in [-0.4, -0.2) is 38.5 Å². The topological polar surface area (TPSA) is 141 Å². The minimum atomic E-state index is -0.643. The summed E-state index contributed by atoms with van der Waals surface area (Å²) < 4.78 is 7.05. The van der Waals surface area contributed by atoms with Crippen LogP contribution in [0.15, 0.2) is 71.5 Å². The van der Waals surface area contributed by atoms with Crippen molar-refractivity contribution in [1.82, 2.24) is 20.1 Å². The number of ketones is 1. The molecule has 1 aromatic carbocycles. The maximum absolute atomic E-state index is 13.9. The number of hydrogen-bond acceptors (Lipinski definition) is 8. The number of carbonyl (C=O) groups is 2. The van der Waals surface area contributed by atoms with Crippen molar-refractivity contribution in [1.29, 1.82) is 0 Å². The van der Waals surface area contributed by atoms with Crippen molar-refractivity contribution in [2.45, 2.75) is 53.0 Å². The van der Waals surface area contributed by atoms with E-state index in [0.29, 0.717) is 46.8 Å². The molecular weight excluding hydrogens is 524 g/mol. The first-order chi connectivity index (χ1) is 19.5. The van der Waals surface area contributed by atoms with Crippen LogP contribution in [0.3, 0.4) is 0 Å². The van der Waals surface area contributed by atoms with Crippen molar-refractivity contribution < 1.29 is 19.2 Å². The van der Waals surface area contributed by atoms with Gasteiger partial charge >= 0.3 is 5.69 Å². The smallest absolute Gasteiger partial charge is 0.307 e. The van der Waals surface area contributed by atoms with Gasteiger partial charge < -0.3 is 15.4 Å². The maximum Gasteiger partial charge on any atom is 0.307 e. The number of aromatic nitrogens is 3. The van der Waals surface area contributed by atoms with Crippen molar-refractivity contribution in [3.8, 4) is 5.75 Å². The quantitative estimate of drug-likeness (QED) is 0.312. The largest absolute Gasteiger partial charge is 0.496 e. The second kappa shape index (κ2) is 10.6. The number of nitrogens with zero attached hydrogens (tertiary/aromatic N) is 4. The zero-order valence-electron chi connectivity index (χ0n) is 23.6. The molecule has 2 aromatic heterocycles. The van der Waals surface area contributed by atoms with E-state index in [-0.39, 0.29) is 29.3 Å². The van der Waals surface area contributed by atoms with Crippen LogP contribution in [-0.2, 0) is 16.1 Å². The average Bonchev–Trinajstić information content (AvgIpc) is 3.37. The Hall–Kier alpha value is -4.80. The van der Waals surface area contributed by atoms with Gasteiger partial charge in [-0.15, -0.1) is 0 Å². The molecule has 0 saturated heterocycles. The summed E-state index contributed by atoms with van der Waals surface area (Å²) in [6.45, 7) is 8.02. The van der Waals surface area contributed by atoms with Gasteiger partial charge in [-0.25, -0.2) is 4.98 Å². The van der Waals surface area contributed by atoms with Gasteiger partial charge in [-0.2, -0.15) is 5.10 Å². The van der Waals surface area contributed by atoms with Crippen molar-refractivity contribution in [2.75, 3.05) is 12.4 Å². The molecule has 3 aromatic rings. The van der Waals surface area contributed by atoms with E-state index in [4.69, 9.17) is 4.74 Å². The SMILES string of the molecule is COc1ccc(C2C(C(=O)Nc3ncccc3C)=C(C)NC3=C2C(=O)CC(C)(C)C3)cc1Cn1cc([N+](=O)[O-])cn1. The van der Waals surface area contributed by atoms with Crippen molar-refractivity contribution in [2.24, 2.45) is 5.41 Å². The predicted molar refractivity (Wildman–Crippen MR) is 152 cm³/mol. The van der Waals surface area contributed by atoms with E-state index in [1.165, 1.54) is 17.1 Å². The molecule has 11 nitrogen and oxygen atoms in total. The Morgan fingerprint density at radius 2 is 2.05 bits per heavy atom. The number of methoxy groups -OCH3 is 1. The number of hydrogen-bond donors (Lipinski definition) is 2. The molecule has 0 spiro atoms. The van der Waals surface area contributed by atoms with E-state index in [2.05, 4.69) is 34.6 Å². The van der Waals surface area contributed by atoms with Crippen molar-refractivity contribution in [3.05, 3.63) is 98.3 Å². The fourth-order valence-electron chi connectivity index (χ4n) is 5.67. The molecular formula is C30H32N6O5. The molecule has 0 bridgehead atoms. The molecule has 1 unspecified atom stereocenters. The highest BCUT2D eigenvalue weighted by Crippen LogP contribution is 2.47. The first-order valence-electron chi connectivity index (χ1n) is 13.3. The molecule has 5 rings (SSSR count). The minimum absolute atomic E-state index is 0.0133. The van der Waals surface area contributed by atoms with Crippen LogP contribution in [0.5, 0.6) is 5.75 Å². The number of nitro groups is 1. The minimum Gasteiger partial charge on any atom is -0.496 e. The number of nitrogens with one attached hydrogen (secondary N) is 2. The first kappa shape index (κ1) is 27.8. The second-order valence-corrected chi connectivity index (χ2v) is 11.3. The van der Waals surface area contributed by atoms with Gasteiger partial charge in [0.05, 0.1) is 18.6 Å². The molecule has 1 atom stereocenters. The molecule has 2 N–H and O–H groups in total. The van der Waals surface area contributed by atoms with Crippen molar-refractivity contribution >= 4 is 23.2 Å². The lowest BCUT2D eigenvalue weighted by atomic mass is 9.68. The molecule has 0 saturated carbocycles. The highest BCUT2D eigenvalue weighted by Gasteiger charge is 2.43. The monoisotopic (exact) mass is 556 g/mol. The number of pyridine rings is 1. The molecule has 11 heteroatoms. The Kier molecular flexibility index (Phi) is 7.20. The Morgan fingerprint density at radius 3 is 2.73 bits per heavy atom. The Bertz CT molecular complexity index is 1630. The van der Waals surface area contributed by atoms with Crippen LogP contribution >= 0.6 is 0 Å². The Balaban J connectivity index is 1.61. The lowest BCUT2D eigenvalue weighted by molar-refractivity contribution is -0.385. The van der Waals surface area contributed by atoms with E-state index in [1.807, 2.05) is 32.0 Å². The normalized spacial score (nSPS) is 18.1. The molecule has 1 aliphatic heterocycles. The lowest BCUT2D eigenvalue weighted by Crippen LogP contribution is -2.39. The predicted octanol–water partition coefficient (Wildman–Crippen LogP) is 4.79. The molecule has 1 amide bonds. The third-order valence-corrected chi connectivity index (χ3v) is 7.53. The van der Waals surface area contributed by atoms with Crippen LogP contribution in [0.1, 0.15) is 56.2 Å². The Morgan fingerprint density at radius 1 is 1.27 bits per heavy atom. The summed E-state index contributed by atoms with van der Waals surface area (Å²) in [5, 5.41) is 21.6. The number of anilines is 1. The maximum atomic E-state index is 13.9. The fourth-order valence-corrected chi connectivity index (χ4v) is 5.67. The van der Waals surface area contributed by atoms with Gasteiger partial charge in [-0.1, -0.05) is 26.0 Å². The lowest BCUT2D eigenvalue weighted by Gasteiger charge is -2.39. The number of ether oxygens (including phenoxy) is 1. The molecule has 212 valence electrons. The van der Waals surface area contributed by atoms with Gasteiger partial charge in [0, 0.05) is 46.6 Å². The van der Waals surface area contributed by atoms with Gasteiger partial charge in [-0.3, -0.25) is 24.4 Å². The summed E-state index contributed by atoms with van der Waals surface area (Å²) in [6.07, 6.45) is 5.18. The summed E-state index contributed by atoms with van der Waals surface area (Å²) in [5.74, 6) is -0.00717. The standard InChI is InChI=1S/C30H32N6O5/c1-17-7-6-10-31-28(17)34-29(38)25-18(2)33-22-12-30(3,4)13-23(37)27(22)26(25)19-8-9-24(41-5)20(11-19)15-35-16-21(14-32-35)36(39)40/h6-11,14,16,26,33H,12-13,15H2,1-5H3,(H,31,34,38). The third kappa shape index (κ3) is 5.47. The van der Waals surface area contributed by atoms with Crippen LogP contribution in [0.4, 0.5) is 11.5 Å². The fraction of sp³-hybridized carbons (Fsp3) is 0.333. The summed E-state index contributed by atoms with van der Waals surface area (Å²) in [4.78, 5) is 42.6. The summed E-state index contributed by atoms with van der Waals surface area (Å²) in [5.41, 5.74) is 4.37. The van der Waals surface area contributed by atoms with Gasteiger partial charge in [0.2, 0.25) is 0 Å². The first-order valence-corrected chi connectivity index (χ1v) is 13.3. The second-order valence-electron chi connectivity index (χ2n) is 11.3. The summed E-state index contributed by atoms with van der Waals surface area (Å²) in [6, 6.07) is 9.19. The van der Waals surface area contributed by atoms with Gasteiger partial charge in [-0.05, 0) is 55.0 Å². The molecule has 0 fully saturated rings. The van der Waals surface area contributed by atoms with Gasteiger partial charge in [0.15, 0.2) is 5.78 Å². The number of allylic oxidation sites excluding steroid dienone is 3. The molecule has 0 radical (unpaired) electrons. The molecule has 1 aliphatic carbocycles. The number of dihydropyridines is 1. The van der Waals surface area contributed by atoms with Crippen molar-refractivity contribution in [3.63, 3.8) is 0 Å². The number of amides is 1. The third-order valence-electron chi connectivity index (χ3n) is 7.53. The van der Waals surface area contributed by atoms with Crippen LogP contribution in [0, 0.1) is 22.5 Å². The highest BCUT2D eigenvalue weighted by atomic mass is 16.6. The van der Waals surface area contributed by atoms with E-state index in [0.717, 1.165) is 16.8 Å². The number of benzene rings is 1. The van der Waals surface area contributed by atoms with E-state index in [1.54, 1.807) is 25.4 Å². The zero-order chi connectivity index (χ0) is 29.5. The summed E-state index contributed by atoms with van der Waals surface area (Å²) in [7, 11) is 1.54. The summed E-state index contributed by atoms with van der Waals surface area (Å²) >= 11 is 0. The number of rotatable bonds is 7. The highest BCUT2D eigenvalue weighted by molar-refractivity contribution is 6.09. The molecule has 2 aliphatic rings. The van der Waals surface area contributed by atoms with Gasteiger partial charge in [0.1, 0.15) is 24.0 Å². The van der Waals surface area contributed by atoms with E-state index >= 15 is 0 Å². The number of Topliss-reactive ketones (excluding diaryl/α,β-unsaturated/α-hetero) is 1. The number of aryl methyl sites for hydroxylation is 1. The van der Waals surface area contributed by atoms with Crippen LogP contribution < -0.4 is 15.4 Å². The van der Waals surface area contributed by atoms with Crippen LogP contribution in [0.2, 0.25) is 0 Å². The number of carbonyl (C=O) groups excluding carboxylic acids is 2. The van der Waals surface area contributed by atoms with Crippen LogP contribution in [0.25, 0.3) is 0 Å². The average molecular weight is 557 g/mol. The molecule has 3 heterocycles. The zero-order valence-corrected chi connectivity index (χ0v) is 23.6. The van der Waals surface area contributed by atoms with E-state index in [9.17, 15) is 19.7 Å².